The Labute approximate surface area is 291 Å². The van der Waals surface area contributed by atoms with Crippen molar-refractivity contribution in [1.29, 1.82) is 0 Å². The van der Waals surface area contributed by atoms with Gasteiger partial charge in [-0.05, 0) is 116 Å². The molecule has 0 N–H and O–H groups in total. The molecule has 0 bridgehead atoms. The fourth-order valence-electron chi connectivity index (χ4n) is 7.99. The molecule has 0 amide bonds. The molecule has 2 aliphatic rings. The SMILES string of the molecule is CCCCCC1CCC(c2ccc(OCOC(COC(=O)c3ccc(C4CCC(CCCCC)CC4)cc3)c3ccccc3)cc2)CC1. The molecule has 0 heterocycles. The van der Waals surface area contributed by atoms with Gasteiger partial charge >= 0.3 is 5.97 Å². The monoisotopic (exact) mass is 652 g/mol. The maximum absolute atomic E-state index is 13.1. The van der Waals surface area contributed by atoms with Gasteiger partial charge < -0.3 is 14.2 Å². The number of carbonyl (C=O) groups is 1. The minimum atomic E-state index is -0.422. The molecule has 2 aliphatic carbocycles. The van der Waals surface area contributed by atoms with Crippen LogP contribution in [0.4, 0.5) is 0 Å². The summed E-state index contributed by atoms with van der Waals surface area (Å²) in [5.41, 5.74) is 4.30. The Hall–Kier alpha value is -3.11. The third kappa shape index (κ3) is 11.2. The molecule has 0 spiro atoms. The third-order valence-corrected chi connectivity index (χ3v) is 11.1. The van der Waals surface area contributed by atoms with Crippen molar-refractivity contribution in [3.63, 3.8) is 0 Å². The Morgan fingerprint density at radius 1 is 0.646 bits per heavy atom. The molecule has 5 rings (SSSR count). The van der Waals surface area contributed by atoms with E-state index in [4.69, 9.17) is 14.2 Å². The van der Waals surface area contributed by atoms with Crippen LogP contribution in [0.3, 0.4) is 0 Å². The van der Waals surface area contributed by atoms with E-state index in [1.165, 1.54) is 114 Å². The maximum Gasteiger partial charge on any atom is 0.338 e. The van der Waals surface area contributed by atoms with Crippen molar-refractivity contribution in [1.82, 2.24) is 0 Å². The van der Waals surface area contributed by atoms with Crippen LogP contribution in [0.5, 0.6) is 5.75 Å². The molecule has 2 fully saturated rings. The van der Waals surface area contributed by atoms with Gasteiger partial charge in [-0.25, -0.2) is 4.79 Å². The number of carbonyl (C=O) groups excluding carboxylic acids is 1. The second-order valence-electron chi connectivity index (χ2n) is 14.5. The minimum absolute atomic E-state index is 0.0782. The van der Waals surface area contributed by atoms with Gasteiger partial charge in [0.1, 0.15) is 18.5 Å². The van der Waals surface area contributed by atoms with Gasteiger partial charge in [-0.3, -0.25) is 0 Å². The topological polar surface area (TPSA) is 44.8 Å². The lowest BCUT2D eigenvalue weighted by Crippen LogP contribution is -2.18. The molecule has 4 nitrogen and oxygen atoms in total. The van der Waals surface area contributed by atoms with E-state index < -0.39 is 6.10 Å². The summed E-state index contributed by atoms with van der Waals surface area (Å²) in [7, 11) is 0. The van der Waals surface area contributed by atoms with E-state index in [0.717, 1.165) is 23.1 Å². The Bertz CT molecular complexity index is 1300. The van der Waals surface area contributed by atoms with Gasteiger partial charge in [-0.1, -0.05) is 120 Å². The highest BCUT2D eigenvalue weighted by atomic mass is 16.7. The van der Waals surface area contributed by atoms with Crippen molar-refractivity contribution >= 4 is 5.97 Å². The van der Waals surface area contributed by atoms with E-state index in [1.54, 1.807) is 0 Å². The smallest absolute Gasteiger partial charge is 0.338 e. The predicted octanol–water partition coefficient (Wildman–Crippen LogP) is 12.3. The molecule has 1 unspecified atom stereocenters. The Morgan fingerprint density at radius 2 is 1.17 bits per heavy atom. The Balaban J connectivity index is 1.06. The summed E-state index contributed by atoms with van der Waals surface area (Å²) in [4.78, 5) is 13.1. The van der Waals surface area contributed by atoms with E-state index in [2.05, 4.69) is 50.2 Å². The van der Waals surface area contributed by atoms with Crippen LogP contribution in [0.15, 0.2) is 78.9 Å². The summed E-state index contributed by atoms with van der Waals surface area (Å²) in [6.45, 7) is 4.77. The largest absolute Gasteiger partial charge is 0.468 e. The zero-order chi connectivity index (χ0) is 33.4. The van der Waals surface area contributed by atoms with Crippen LogP contribution in [0, 0.1) is 11.8 Å². The van der Waals surface area contributed by atoms with Gasteiger partial charge in [-0.15, -0.1) is 0 Å². The molecule has 0 radical (unpaired) electrons. The van der Waals surface area contributed by atoms with Crippen molar-refractivity contribution in [3.05, 3.63) is 101 Å². The highest BCUT2D eigenvalue weighted by Crippen LogP contribution is 2.39. The van der Waals surface area contributed by atoms with Gasteiger partial charge in [0.2, 0.25) is 0 Å². The van der Waals surface area contributed by atoms with Gasteiger partial charge in [0.25, 0.3) is 0 Å². The molecule has 48 heavy (non-hydrogen) atoms. The van der Waals surface area contributed by atoms with Crippen LogP contribution in [0.25, 0.3) is 0 Å². The van der Waals surface area contributed by atoms with Crippen molar-refractivity contribution in [2.45, 2.75) is 135 Å². The second kappa shape index (κ2) is 19.8. The number of hydrogen-bond acceptors (Lipinski definition) is 4. The first kappa shape index (κ1) is 36.2. The molecule has 2 saturated carbocycles. The zero-order valence-corrected chi connectivity index (χ0v) is 29.8. The fraction of sp³-hybridized carbons (Fsp3) is 0.568. The van der Waals surface area contributed by atoms with E-state index >= 15 is 0 Å². The molecule has 0 aliphatic heterocycles. The summed E-state index contributed by atoms with van der Waals surface area (Å²) >= 11 is 0. The Kier molecular flexibility index (Phi) is 14.9. The fourth-order valence-corrected chi connectivity index (χ4v) is 7.99. The molecule has 4 heteroatoms. The van der Waals surface area contributed by atoms with Crippen LogP contribution in [-0.2, 0) is 9.47 Å². The van der Waals surface area contributed by atoms with Crippen LogP contribution in [0.2, 0.25) is 0 Å². The summed E-state index contributed by atoms with van der Waals surface area (Å²) in [5.74, 6) is 3.55. The van der Waals surface area contributed by atoms with E-state index in [0.29, 0.717) is 17.4 Å². The molecule has 260 valence electrons. The molecule has 3 aromatic carbocycles. The molecule has 3 aromatic rings. The number of hydrogen-bond donors (Lipinski definition) is 0. The third-order valence-electron chi connectivity index (χ3n) is 11.1. The van der Waals surface area contributed by atoms with Gasteiger partial charge in [0.05, 0.1) is 5.56 Å². The lowest BCUT2D eigenvalue weighted by Gasteiger charge is -2.29. The normalized spacial score (nSPS) is 21.8. The number of rotatable bonds is 18. The zero-order valence-electron chi connectivity index (χ0n) is 29.8. The lowest BCUT2D eigenvalue weighted by atomic mass is 9.77. The van der Waals surface area contributed by atoms with Crippen LogP contribution >= 0.6 is 0 Å². The van der Waals surface area contributed by atoms with Crippen LogP contribution in [0.1, 0.15) is 162 Å². The number of unbranched alkanes of at least 4 members (excludes halogenated alkanes) is 4. The molecular weight excluding hydrogens is 592 g/mol. The Morgan fingerprint density at radius 3 is 1.69 bits per heavy atom. The first-order valence-corrected chi connectivity index (χ1v) is 19.3. The van der Waals surface area contributed by atoms with Gasteiger partial charge in [-0.2, -0.15) is 0 Å². The minimum Gasteiger partial charge on any atom is -0.468 e. The van der Waals surface area contributed by atoms with E-state index in [-0.39, 0.29) is 19.4 Å². The lowest BCUT2D eigenvalue weighted by molar-refractivity contribution is -0.0641. The number of ether oxygens (including phenoxy) is 3. The van der Waals surface area contributed by atoms with Crippen molar-refractivity contribution in [2.75, 3.05) is 13.4 Å². The van der Waals surface area contributed by atoms with E-state index in [9.17, 15) is 4.79 Å². The highest BCUT2D eigenvalue weighted by molar-refractivity contribution is 5.89. The molecular formula is C44H60O4. The second-order valence-corrected chi connectivity index (χ2v) is 14.5. The maximum atomic E-state index is 13.1. The highest BCUT2D eigenvalue weighted by Gasteiger charge is 2.24. The summed E-state index contributed by atoms with van der Waals surface area (Å²) in [6, 6.07) is 26.6. The van der Waals surface area contributed by atoms with Crippen molar-refractivity contribution in [3.8, 4) is 5.75 Å². The first-order valence-electron chi connectivity index (χ1n) is 19.3. The quantitative estimate of drug-likeness (QED) is 0.0779. The van der Waals surface area contributed by atoms with Crippen molar-refractivity contribution < 1.29 is 19.0 Å². The van der Waals surface area contributed by atoms with Gasteiger partial charge in [0.15, 0.2) is 6.79 Å². The first-order chi connectivity index (χ1) is 23.6. The number of esters is 1. The molecule has 0 aromatic heterocycles. The standard InChI is InChI=1S/C44H60O4/c1-3-5-8-12-34-16-20-36(21-17-34)38-24-26-41(27-25-38)44(45)46-32-43(40-14-10-7-11-15-40)48-33-47-42-30-28-39(29-31-42)37-22-18-35(19-23-37)13-9-6-4-2/h7,10-11,14-15,24-31,34-37,43H,3-6,8-9,12-13,16-23,32-33H2,1-2H3. The summed E-state index contributed by atoms with van der Waals surface area (Å²) in [6.07, 6.45) is 20.9. The molecule has 0 saturated heterocycles. The summed E-state index contributed by atoms with van der Waals surface area (Å²) < 4.78 is 17.9. The number of benzene rings is 3. The average molecular weight is 653 g/mol. The summed E-state index contributed by atoms with van der Waals surface area (Å²) in [5, 5.41) is 0. The van der Waals surface area contributed by atoms with Gasteiger partial charge in [0, 0.05) is 0 Å². The predicted molar refractivity (Wildman–Crippen MR) is 197 cm³/mol. The average Bonchev–Trinajstić information content (AvgIpc) is 3.14. The van der Waals surface area contributed by atoms with E-state index in [1.807, 2.05) is 42.5 Å². The van der Waals surface area contributed by atoms with Crippen LogP contribution < -0.4 is 4.74 Å². The van der Waals surface area contributed by atoms with Crippen molar-refractivity contribution in [2.24, 2.45) is 11.8 Å². The molecule has 1 atom stereocenters. The van der Waals surface area contributed by atoms with Crippen LogP contribution in [-0.4, -0.2) is 19.4 Å².